The highest BCUT2D eigenvalue weighted by Crippen LogP contribution is 2.16. The first-order chi connectivity index (χ1) is 13.0. The molecule has 28 heavy (non-hydrogen) atoms. The second-order valence-electron chi connectivity index (χ2n) is 7.14. The van der Waals surface area contributed by atoms with Crippen molar-refractivity contribution in [1.82, 2.24) is 15.5 Å². The van der Waals surface area contributed by atoms with Gasteiger partial charge >= 0.3 is 6.09 Å². The van der Waals surface area contributed by atoms with Gasteiger partial charge < -0.3 is 20.3 Å². The molecular formula is C21H35IN4O2. The molecule has 0 aromatic heterocycles. The summed E-state index contributed by atoms with van der Waals surface area (Å²) in [6.07, 6.45) is 1.59. The van der Waals surface area contributed by atoms with Crippen molar-refractivity contribution in [2.75, 3.05) is 32.8 Å². The zero-order chi connectivity index (χ0) is 19.6. The summed E-state index contributed by atoms with van der Waals surface area (Å²) in [4.78, 5) is 18.4. The number of ether oxygens (including phenoxy) is 1. The Bertz CT molecular complexity index is 613. The van der Waals surface area contributed by atoms with Gasteiger partial charge in [-0.15, -0.1) is 24.0 Å². The summed E-state index contributed by atoms with van der Waals surface area (Å²) in [7, 11) is 0. The Balaban J connectivity index is 0.00000392. The Morgan fingerprint density at radius 3 is 2.46 bits per heavy atom. The lowest BCUT2D eigenvalue weighted by atomic mass is 10.0. The van der Waals surface area contributed by atoms with Gasteiger partial charge in [-0.05, 0) is 39.2 Å². The fourth-order valence-corrected chi connectivity index (χ4v) is 3.16. The molecule has 0 spiro atoms. The van der Waals surface area contributed by atoms with E-state index in [4.69, 9.17) is 9.73 Å². The average Bonchev–Trinajstić information content (AvgIpc) is 2.67. The summed E-state index contributed by atoms with van der Waals surface area (Å²) >= 11 is 0. The highest BCUT2D eigenvalue weighted by Gasteiger charge is 2.24. The molecule has 6 nitrogen and oxygen atoms in total. The van der Waals surface area contributed by atoms with Crippen LogP contribution in [0.25, 0.3) is 0 Å². The number of piperidine rings is 1. The smallest absolute Gasteiger partial charge is 0.409 e. The summed E-state index contributed by atoms with van der Waals surface area (Å²) in [5, 5.41) is 6.86. The van der Waals surface area contributed by atoms with Crippen molar-refractivity contribution in [2.24, 2.45) is 4.99 Å². The predicted molar refractivity (Wildman–Crippen MR) is 126 cm³/mol. The number of carbonyl (C=O) groups is 1. The Hall–Kier alpha value is -1.51. The standard InChI is InChI=1S/C21H34N4O2.HI/c1-5-22-20(23-15-17(4)18-9-7-16(3)8-10-18)24-19-11-13-25(14-12-19)21(26)27-6-2;/h7-10,17,19H,5-6,11-15H2,1-4H3,(H2,22,23,24);1H. The van der Waals surface area contributed by atoms with Crippen molar-refractivity contribution in [3.63, 3.8) is 0 Å². The van der Waals surface area contributed by atoms with Gasteiger partial charge in [-0.2, -0.15) is 0 Å². The molecule has 0 aliphatic carbocycles. The van der Waals surface area contributed by atoms with Gasteiger partial charge in [-0.1, -0.05) is 36.8 Å². The second kappa shape index (κ2) is 12.9. The van der Waals surface area contributed by atoms with Gasteiger partial charge in [0.05, 0.1) is 6.61 Å². The van der Waals surface area contributed by atoms with E-state index in [-0.39, 0.29) is 30.1 Å². The first-order valence-corrected chi connectivity index (χ1v) is 10.1. The molecule has 1 atom stereocenters. The van der Waals surface area contributed by atoms with Gasteiger partial charge in [0.15, 0.2) is 5.96 Å². The van der Waals surface area contributed by atoms with Crippen molar-refractivity contribution < 1.29 is 9.53 Å². The van der Waals surface area contributed by atoms with Crippen molar-refractivity contribution in [3.05, 3.63) is 35.4 Å². The first kappa shape index (κ1) is 24.5. The number of benzene rings is 1. The van der Waals surface area contributed by atoms with Crippen LogP contribution in [-0.2, 0) is 4.74 Å². The molecule has 1 heterocycles. The van der Waals surface area contributed by atoms with E-state index >= 15 is 0 Å². The second-order valence-corrected chi connectivity index (χ2v) is 7.14. The Labute approximate surface area is 186 Å². The number of amides is 1. The minimum atomic E-state index is -0.205. The maximum Gasteiger partial charge on any atom is 0.409 e. The number of nitrogens with one attached hydrogen (secondary N) is 2. The van der Waals surface area contributed by atoms with Crippen LogP contribution in [0.5, 0.6) is 0 Å². The van der Waals surface area contributed by atoms with Crippen LogP contribution >= 0.6 is 24.0 Å². The van der Waals surface area contributed by atoms with E-state index in [9.17, 15) is 4.79 Å². The molecule has 7 heteroatoms. The molecule has 1 aromatic rings. The Kier molecular flexibility index (Phi) is 11.3. The van der Waals surface area contributed by atoms with E-state index in [2.05, 4.69) is 55.7 Å². The van der Waals surface area contributed by atoms with Crippen LogP contribution in [0.3, 0.4) is 0 Å². The molecule has 2 N–H and O–H groups in total. The van der Waals surface area contributed by atoms with Crippen molar-refractivity contribution in [1.29, 1.82) is 0 Å². The minimum Gasteiger partial charge on any atom is -0.450 e. The molecule has 1 amide bonds. The largest absolute Gasteiger partial charge is 0.450 e. The summed E-state index contributed by atoms with van der Waals surface area (Å²) in [6.45, 7) is 11.6. The van der Waals surface area contributed by atoms with E-state index in [1.165, 1.54) is 11.1 Å². The van der Waals surface area contributed by atoms with Gasteiger partial charge in [0, 0.05) is 38.1 Å². The number of hydrogen-bond donors (Lipinski definition) is 2. The monoisotopic (exact) mass is 502 g/mol. The van der Waals surface area contributed by atoms with E-state index in [0.29, 0.717) is 18.6 Å². The van der Waals surface area contributed by atoms with Crippen LogP contribution in [0, 0.1) is 6.92 Å². The van der Waals surface area contributed by atoms with Gasteiger partial charge in [0.2, 0.25) is 0 Å². The van der Waals surface area contributed by atoms with Crippen LogP contribution in [0.15, 0.2) is 29.3 Å². The number of carbonyl (C=O) groups excluding carboxylic acids is 1. The molecule has 1 aliphatic rings. The number of halogens is 1. The topological polar surface area (TPSA) is 66.0 Å². The number of likely N-dealkylation sites (tertiary alicyclic amines) is 1. The Morgan fingerprint density at radius 2 is 1.89 bits per heavy atom. The van der Waals surface area contributed by atoms with Crippen LogP contribution in [0.2, 0.25) is 0 Å². The molecule has 158 valence electrons. The van der Waals surface area contributed by atoms with Gasteiger partial charge in [-0.25, -0.2) is 4.79 Å². The van der Waals surface area contributed by atoms with E-state index in [1.807, 2.05) is 6.92 Å². The predicted octanol–water partition coefficient (Wildman–Crippen LogP) is 3.89. The molecule has 0 saturated carbocycles. The van der Waals surface area contributed by atoms with Crippen LogP contribution in [0.1, 0.15) is 50.7 Å². The zero-order valence-corrected chi connectivity index (χ0v) is 19.9. The number of hydrogen-bond acceptors (Lipinski definition) is 3. The third kappa shape index (κ3) is 7.85. The van der Waals surface area contributed by atoms with E-state index in [0.717, 1.165) is 45.0 Å². The lowest BCUT2D eigenvalue weighted by Gasteiger charge is -2.32. The lowest BCUT2D eigenvalue weighted by molar-refractivity contribution is 0.0963. The SMILES string of the molecule is CCNC(=NCC(C)c1ccc(C)cc1)NC1CCN(C(=O)OCC)CC1.I. The van der Waals surface area contributed by atoms with Crippen LogP contribution in [-0.4, -0.2) is 55.8 Å². The van der Waals surface area contributed by atoms with Crippen molar-refractivity contribution in [2.45, 2.75) is 52.5 Å². The quantitative estimate of drug-likeness (QED) is 0.352. The fourth-order valence-electron chi connectivity index (χ4n) is 3.16. The van der Waals surface area contributed by atoms with E-state index in [1.54, 1.807) is 4.90 Å². The lowest BCUT2D eigenvalue weighted by Crippen LogP contribution is -2.50. The molecule has 1 unspecified atom stereocenters. The average molecular weight is 502 g/mol. The normalized spacial score (nSPS) is 16.1. The molecule has 1 aliphatic heterocycles. The van der Waals surface area contributed by atoms with E-state index < -0.39 is 0 Å². The minimum absolute atomic E-state index is 0. The van der Waals surface area contributed by atoms with Gasteiger partial charge in [0.1, 0.15) is 0 Å². The van der Waals surface area contributed by atoms with Gasteiger partial charge in [0.25, 0.3) is 0 Å². The van der Waals surface area contributed by atoms with Crippen LogP contribution < -0.4 is 10.6 Å². The summed E-state index contributed by atoms with van der Waals surface area (Å²) in [6, 6.07) is 8.98. The highest BCUT2D eigenvalue weighted by molar-refractivity contribution is 14.0. The number of aliphatic imine (C=N–C) groups is 1. The number of aryl methyl sites for hydroxylation is 1. The molecule has 0 bridgehead atoms. The summed E-state index contributed by atoms with van der Waals surface area (Å²) < 4.78 is 5.08. The highest BCUT2D eigenvalue weighted by atomic mass is 127. The molecule has 1 aromatic carbocycles. The molecule has 1 saturated heterocycles. The zero-order valence-electron chi connectivity index (χ0n) is 17.5. The molecule has 2 rings (SSSR count). The third-order valence-electron chi connectivity index (χ3n) is 4.88. The maximum absolute atomic E-state index is 11.8. The number of nitrogens with zero attached hydrogens (tertiary/aromatic N) is 2. The van der Waals surface area contributed by atoms with Crippen molar-refractivity contribution >= 4 is 36.0 Å². The third-order valence-corrected chi connectivity index (χ3v) is 4.88. The Morgan fingerprint density at radius 1 is 1.25 bits per heavy atom. The van der Waals surface area contributed by atoms with Crippen LogP contribution in [0.4, 0.5) is 4.79 Å². The number of rotatable bonds is 6. The number of guanidine groups is 1. The summed E-state index contributed by atoms with van der Waals surface area (Å²) in [5.74, 6) is 1.22. The molecular weight excluding hydrogens is 467 g/mol. The molecule has 0 radical (unpaired) electrons. The van der Waals surface area contributed by atoms with Crippen molar-refractivity contribution in [3.8, 4) is 0 Å². The molecule has 1 fully saturated rings. The maximum atomic E-state index is 11.8. The fraction of sp³-hybridized carbons (Fsp3) is 0.619. The summed E-state index contributed by atoms with van der Waals surface area (Å²) in [5.41, 5.74) is 2.58. The van der Waals surface area contributed by atoms with Gasteiger partial charge in [-0.3, -0.25) is 4.99 Å². The first-order valence-electron chi connectivity index (χ1n) is 10.1.